The quantitative estimate of drug-likeness (QED) is 0.600. The van der Waals surface area contributed by atoms with Gasteiger partial charge in [0, 0.05) is 37.6 Å². The van der Waals surface area contributed by atoms with E-state index in [0.29, 0.717) is 50.7 Å². The Kier molecular flexibility index (Phi) is 8.14. The summed E-state index contributed by atoms with van der Waals surface area (Å²) in [5, 5.41) is 0.610. The predicted molar refractivity (Wildman–Crippen MR) is 119 cm³/mol. The maximum absolute atomic E-state index is 12.5. The molecule has 31 heavy (non-hydrogen) atoms. The molecule has 0 unspecified atom stereocenters. The van der Waals surface area contributed by atoms with Crippen LogP contribution in [0.4, 0.5) is 0 Å². The van der Waals surface area contributed by atoms with E-state index in [-0.39, 0.29) is 5.91 Å². The normalized spacial score (nSPS) is 15.4. The van der Waals surface area contributed by atoms with Crippen LogP contribution in [0.2, 0.25) is 5.02 Å². The molecule has 1 atom stereocenters. The van der Waals surface area contributed by atoms with Gasteiger partial charge in [-0.2, -0.15) is 0 Å². The summed E-state index contributed by atoms with van der Waals surface area (Å²) in [6, 6.07) is 14.0. The number of rotatable bonds is 9. The molecular formula is C23H28ClN3O4. The Bertz CT molecular complexity index is 865. The average molecular weight is 446 g/mol. The van der Waals surface area contributed by atoms with E-state index in [1.54, 1.807) is 19.2 Å². The lowest BCUT2D eigenvalue weighted by Gasteiger charge is -2.38. The smallest absolute Gasteiger partial charge is 0.239 e. The SMILES string of the molecule is COc1ccc(OCCCC(=O)N2CCN([C@H](C(N)=O)c3ccc(Cl)cc3)CC2)cc1. The zero-order valence-electron chi connectivity index (χ0n) is 17.6. The molecule has 0 saturated carbocycles. The summed E-state index contributed by atoms with van der Waals surface area (Å²) >= 11 is 5.95. The predicted octanol–water partition coefficient (Wildman–Crippen LogP) is 2.88. The Morgan fingerprint density at radius 3 is 2.19 bits per heavy atom. The summed E-state index contributed by atoms with van der Waals surface area (Å²) in [6.07, 6.45) is 1.06. The number of benzene rings is 2. The highest BCUT2D eigenvalue weighted by Crippen LogP contribution is 2.24. The van der Waals surface area contributed by atoms with Crippen LogP contribution < -0.4 is 15.2 Å². The molecule has 3 rings (SSSR count). The minimum atomic E-state index is -0.521. The number of nitrogens with zero attached hydrogens (tertiary/aromatic N) is 2. The van der Waals surface area contributed by atoms with E-state index in [1.807, 2.05) is 46.2 Å². The third-order valence-corrected chi connectivity index (χ3v) is 5.60. The Morgan fingerprint density at radius 1 is 1.00 bits per heavy atom. The maximum Gasteiger partial charge on any atom is 0.239 e. The van der Waals surface area contributed by atoms with Crippen molar-refractivity contribution in [2.45, 2.75) is 18.9 Å². The second kappa shape index (κ2) is 11.0. The highest BCUT2D eigenvalue weighted by atomic mass is 35.5. The average Bonchev–Trinajstić information content (AvgIpc) is 2.78. The highest BCUT2D eigenvalue weighted by molar-refractivity contribution is 6.30. The van der Waals surface area contributed by atoms with E-state index in [2.05, 4.69) is 0 Å². The van der Waals surface area contributed by atoms with E-state index in [9.17, 15) is 9.59 Å². The number of piperazine rings is 1. The number of carbonyl (C=O) groups is 2. The summed E-state index contributed by atoms with van der Waals surface area (Å²) in [7, 11) is 1.62. The summed E-state index contributed by atoms with van der Waals surface area (Å²) in [5.74, 6) is 1.22. The molecule has 8 heteroatoms. The van der Waals surface area contributed by atoms with E-state index >= 15 is 0 Å². The summed E-state index contributed by atoms with van der Waals surface area (Å²) < 4.78 is 10.8. The maximum atomic E-state index is 12.5. The van der Waals surface area contributed by atoms with Gasteiger partial charge >= 0.3 is 0 Å². The lowest BCUT2D eigenvalue weighted by molar-refractivity contribution is -0.134. The molecule has 0 radical (unpaired) electrons. The number of methoxy groups -OCH3 is 1. The number of ether oxygens (including phenoxy) is 2. The van der Waals surface area contributed by atoms with Gasteiger partial charge in [-0.15, -0.1) is 0 Å². The molecule has 1 saturated heterocycles. The van der Waals surface area contributed by atoms with Crippen LogP contribution in [0.3, 0.4) is 0 Å². The lowest BCUT2D eigenvalue weighted by atomic mass is 10.0. The fourth-order valence-electron chi connectivity index (χ4n) is 3.67. The molecule has 1 heterocycles. The standard InChI is InChI=1S/C23H28ClN3O4/c1-30-19-8-10-20(11-9-19)31-16-2-3-21(28)26-12-14-27(15-13-26)22(23(25)29)17-4-6-18(24)7-5-17/h4-11,22H,2-3,12-16H2,1H3,(H2,25,29)/t22-/m0/s1. The minimum Gasteiger partial charge on any atom is -0.497 e. The zero-order chi connectivity index (χ0) is 22.2. The van der Waals surface area contributed by atoms with Crippen LogP contribution in [0.5, 0.6) is 11.5 Å². The van der Waals surface area contributed by atoms with Gasteiger partial charge in [0.05, 0.1) is 13.7 Å². The molecule has 2 N–H and O–H groups in total. The molecule has 2 aromatic rings. The Morgan fingerprint density at radius 2 is 1.61 bits per heavy atom. The first-order valence-electron chi connectivity index (χ1n) is 10.3. The van der Waals surface area contributed by atoms with Crippen LogP contribution in [-0.4, -0.2) is 61.5 Å². The van der Waals surface area contributed by atoms with Crippen LogP contribution >= 0.6 is 11.6 Å². The molecule has 0 spiro atoms. The van der Waals surface area contributed by atoms with Crippen molar-refractivity contribution in [3.8, 4) is 11.5 Å². The van der Waals surface area contributed by atoms with Gasteiger partial charge in [-0.25, -0.2) is 0 Å². The topological polar surface area (TPSA) is 85.1 Å². The van der Waals surface area contributed by atoms with Gasteiger partial charge in [-0.05, 0) is 48.4 Å². The first kappa shape index (κ1) is 22.9. The lowest BCUT2D eigenvalue weighted by Crippen LogP contribution is -2.51. The van der Waals surface area contributed by atoms with Crippen molar-refractivity contribution >= 4 is 23.4 Å². The number of amides is 2. The third-order valence-electron chi connectivity index (χ3n) is 5.35. The van der Waals surface area contributed by atoms with Crippen molar-refractivity contribution in [3.05, 3.63) is 59.1 Å². The van der Waals surface area contributed by atoms with Crippen LogP contribution in [0.25, 0.3) is 0 Å². The van der Waals surface area contributed by atoms with Crippen molar-refractivity contribution in [2.75, 3.05) is 39.9 Å². The molecule has 7 nitrogen and oxygen atoms in total. The van der Waals surface area contributed by atoms with Crippen molar-refractivity contribution in [2.24, 2.45) is 5.73 Å². The van der Waals surface area contributed by atoms with Gasteiger partial charge in [0.2, 0.25) is 11.8 Å². The summed E-state index contributed by atoms with van der Waals surface area (Å²) in [6.45, 7) is 2.78. The molecule has 2 aromatic carbocycles. The summed E-state index contributed by atoms with van der Waals surface area (Å²) in [5.41, 5.74) is 6.47. The second-order valence-electron chi connectivity index (χ2n) is 7.40. The fourth-order valence-corrected chi connectivity index (χ4v) is 3.80. The van der Waals surface area contributed by atoms with Crippen molar-refractivity contribution < 1.29 is 19.1 Å². The van der Waals surface area contributed by atoms with Crippen LogP contribution in [0, 0.1) is 0 Å². The van der Waals surface area contributed by atoms with E-state index in [0.717, 1.165) is 17.1 Å². The van der Waals surface area contributed by atoms with Crippen LogP contribution in [0.1, 0.15) is 24.4 Å². The molecule has 0 bridgehead atoms. The number of nitrogens with two attached hydrogens (primary N) is 1. The Balaban J connectivity index is 1.43. The first-order valence-corrected chi connectivity index (χ1v) is 10.7. The molecule has 0 aromatic heterocycles. The van der Waals surface area contributed by atoms with Crippen LogP contribution in [-0.2, 0) is 9.59 Å². The number of hydrogen-bond donors (Lipinski definition) is 1. The molecule has 166 valence electrons. The molecule has 1 fully saturated rings. The van der Waals surface area contributed by atoms with Crippen molar-refractivity contribution in [1.82, 2.24) is 9.80 Å². The minimum absolute atomic E-state index is 0.0973. The van der Waals surface area contributed by atoms with Gasteiger partial charge in [-0.1, -0.05) is 23.7 Å². The van der Waals surface area contributed by atoms with Gasteiger partial charge in [0.25, 0.3) is 0 Å². The number of hydrogen-bond acceptors (Lipinski definition) is 5. The number of primary amides is 1. The number of halogens is 1. The van der Waals surface area contributed by atoms with Crippen molar-refractivity contribution in [3.63, 3.8) is 0 Å². The van der Waals surface area contributed by atoms with Gasteiger partial charge < -0.3 is 20.1 Å². The Labute approximate surface area is 187 Å². The van der Waals surface area contributed by atoms with E-state index in [1.165, 1.54) is 0 Å². The zero-order valence-corrected chi connectivity index (χ0v) is 18.4. The first-order chi connectivity index (χ1) is 15.0. The fraction of sp³-hybridized carbons (Fsp3) is 0.391. The van der Waals surface area contributed by atoms with E-state index in [4.69, 9.17) is 26.8 Å². The monoisotopic (exact) mass is 445 g/mol. The van der Waals surface area contributed by atoms with Gasteiger partial charge in [-0.3, -0.25) is 14.5 Å². The molecule has 1 aliphatic rings. The number of carbonyl (C=O) groups excluding carboxylic acids is 2. The van der Waals surface area contributed by atoms with Gasteiger partial charge in [0.1, 0.15) is 17.5 Å². The molecule has 2 amide bonds. The summed E-state index contributed by atoms with van der Waals surface area (Å²) in [4.78, 5) is 28.5. The molecular weight excluding hydrogens is 418 g/mol. The van der Waals surface area contributed by atoms with Crippen molar-refractivity contribution in [1.29, 1.82) is 0 Å². The molecule has 0 aliphatic carbocycles. The Hall–Kier alpha value is -2.77. The highest BCUT2D eigenvalue weighted by Gasteiger charge is 2.30. The third kappa shape index (κ3) is 6.35. The molecule has 1 aliphatic heterocycles. The van der Waals surface area contributed by atoms with E-state index < -0.39 is 11.9 Å². The second-order valence-corrected chi connectivity index (χ2v) is 7.84. The largest absolute Gasteiger partial charge is 0.497 e. The van der Waals surface area contributed by atoms with Gasteiger partial charge in [0.15, 0.2) is 0 Å². The van der Waals surface area contributed by atoms with Crippen LogP contribution in [0.15, 0.2) is 48.5 Å².